The molecule has 0 amide bonds. The normalized spacial score (nSPS) is 11.9. The number of nitrogens with zero attached hydrogens (tertiary/aromatic N) is 5. The topological polar surface area (TPSA) is 156 Å². The van der Waals surface area contributed by atoms with E-state index in [0.717, 1.165) is 58.2 Å². The van der Waals surface area contributed by atoms with E-state index in [4.69, 9.17) is 0 Å². The molecule has 3 aromatic rings. The Morgan fingerprint density at radius 2 is 1.30 bits per heavy atom. The zero-order chi connectivity index (χ0) is 29.1. The van der Waals surface area contributed by atoms with Gasteiger partial charge in [0.15, 0.2) is 0 Å². The second kappa shape index (κ2) is 14.9. The summed E-state index contributed by atoms with van der Waals surface area (Å²) < 4.78 is 32.4. The number of hydrogen-bond acceptors (Lipinski definition) is 11. The molecule has 13 heteroatoms. The summed E-state index contributed by atoms with van der Waals surface area (Å²) in [7, 11) is -4.44. The van der Waals surface area contributed by atoms with E-state index in [9.17, 15) is 18.1 Å². The van der Waals surface area contributed by atoms with Crippen molar-refractivity contribution >= 4 is 44.4 Å². The number of phenolic OH excluding ortho intramolecular Hbond substituents is 1. The Morgan fingerprint density at radius 1 is 0.775 bits per heavy atom. The monoisotopic (exact) mass is 574 g/mol. The molecule has 0 atom stereocenters. The average molecular weight is 575 g/mol. The lowest BCUT2D eigenvalue weighted by Crippen LogP contribution is -2.26. The lowest BCUT2D eigenvalue weighted by Gasteiger charge is -2.18. The van der Waals surface area contributed by atoms with Crippen molar-refractivity contribution in [3.05, 3.63) is 30.3 Å². The number of aromatic nitrogens is 3. The fourth-order valence-electron chi connectivity index (χ4n) is 4.34. The predicted octanol–water partition coefficient (Wildman–Crippen LogP) is 4.01. The van der Waals surface area contributed by atoms with Gasteiger partial charge in [-0.2, -0.15) is 23.4 Å². The number of nitrogens with one attached hydrogen (secondary N) is 3. The van der Waals surface area contributed by atoms with Crippen LogP contribution < -0.4 is 16.0 Å². The van der Waals surface area contributed by atoms with Crippen LogP contribution in [0.2, 0.25) is 0 Å². The molecule has 0 saturated carbocycles. The van der Waals surface area contributed by atoms with Crippen molar-refractivity contribution < 1.29 is 18.1 Å². The third-order valence-corrected chi connectivity index (χ3v) is 7.58. The van der Waals surface area contributed by atoms with Crippen LogP contribution >= 0.6 is 0 Å². The third-order valence-electron chi connectivity index (χ3n) is 6.75. The Balaban J connectivity index is 1.78. The number of benzene rings is 2. The molecule has 1 heterocycles. The molecule has 0 aliphatic rings. The number of fused-ring (bicyclic) bond motifs is 1. The van der Waals surface area contributed by atoms with E-state index in [1.807, 2.05) is 0 Å². The van der Waals surface area contributed by atoms with Crippen LogP contribution in [0, 0.1) is 0 Å². The lowest BCUT2D eigenvalue weighted by atomic mass is 10.1. The molecule has 0 aliphatic carbocycles. The summed E-state index contributed by atoms with van der Waals surface area (Å²) in [6.45, 7) is 16.0. The largest absolute Gasteiger partial charge is 0.507 e. The molecular formula is C27H42N8O4S. The molecular weight excluding hydrogens is 532 g/mol. The second-order valence-electron chi connectivity index (χ2n) is 9.40. The Morgan fingerprint density at radius 3 is 1.80 bits per heavy atom. The first-order valence-electron chi connectivity index (χ1n) is 13.9. The zero-order valence-electron chi connectivity index (χ0n) is 23.8. The molecule has 2 aromatic carbocycles. The van der Waals surface area contributed by atoms with Gasteiger partial charge in [0.25, 0.3) is 10.1 Å². The number of rotatable bonds is 17. The van der Waals surface area contributed by atoms with E-state index in [2.05, 4.69) is 68.4 Å². The Hall–Kier alpha value is -3.26. The molecule has 0 unspecified atom stereocenters. The maximum absolute atomic E-state index is 11.5. The molecule has 0 radical (unpaired) electrons. The highest BCUT2D eigenvalue weighted by molar-refractivity contribution is 7.85. The number of hydrogen-bond donors (Lipinski definition) is 5. The first-order chi connectivity index (χ1) is 19.2. The average Bonchev–Trinajstić information content (AvgIpc) is 2.93. The standard InChI is InChI=1S/C27H42N8O4S/c1-5-34(6-2)15-9-13-28-25-31-26(29-14-10-16-35(7-3)8-4)33-27(32-25)30-21-12-11-20-17-22(40(37,38)39)19-24(36)23(20)18-21/h11-12,17-19,36H,5-10,13-16H2,1-4H3,(H,37,38,39)(H3,28,29,30,31,32,33). The molecule has 3 rings (SSSR count). The van der Waals surface area contributed by atoms with Crippen LogP contribution in [-0.2, 0) is 10.1 Å². The Labute approximate surface area is 237 Å². The van der Waals surface area contributed by atoms with E-state index in [-0.39, 0.29) is 10.6 Å². The molecule has 0 aliphatic heterocycles. The highest BCUT2D eigenvalue weighted by atomic mass is 32.2. The van der Waals surface area contributed by atoms with Gasteiger partial charge in [-0.3, -0.25) is 4.55 Å². The van der Waals surface area contributed by atoms with Crippen LogP contribution in [0.3, 0.4) is 0 Å². The van der Waals surface area contributed by atoms with E-state index < -0.39 is 10.1 Å². The predicted molar refractivity (Wildman–Crippen MR) is 160 cm³/mol. The van der Waals surface area contributed by atoms with Gasteiger partial charge in [-0.15, -0.1) is 0 Å². The van der Waals surface area contributed by atoms with Crippen LogP contribution in [0.5, 0.6) is 5.75 Å². The number of anilines is 4. The minimum Gasteiger partial charge on any atom is -0.507 e. The number of phenols is 1. The summed E-state index contributed by atoms with van der Waals surface area (Å²) in [5.41, 5.74) is 0.591. The highest BCUT2D eigenvalue weighted by Crippen LogP contribution is 2.31. The smallest absolute Gasteiger partial charge is 0.294 e. The van der Waals surface area contributed by atoms with Gasteiger partial charge in [-0.1, -0.05) is 33.8 Å². The molecule has 0 saturated heterocycles. The van der Waals surface area contributed by atoms with Crippen molar-refractivity contribution in [2.45, 2.75) is 45.4 Å². The maximum Gasteiger partial charge on any atom is 0.294 e. The lowest BCUT2D eigenvalue weighted by molar-refractivity contribution is 0.303. The van der Waals surface area contributed by atoms with Crippen LogP contribution in [0.15, 0.2) is 35.2 Å². The summed E-state index contributed by atoms with van der Waals surface area (Å²) in [4.78, 5) is 18.0. The van der Waals surface area contributed by atoms with Gasteiger partial charge < -0.3 is 30.9 Å². The maximum atomic E-state index is 11.5. The molecule has 220 valence electrons. The quantitative estimate of drug-likeness (QED) is 0.117. The van der Waals surface area contributed by atoms with Crippen molar-refractivity contribution in [2.75, 3.05) is 68.3 Å². The van der Waals surface area contributed by atoms with Crippen molar-refractivity contribution in [1.29, 1.82) is 0 Å². The van der Waals surface area contributed by atoms with Crippen LogP contribution in [0.4, 0.5) is 23.5 Å². The van der Waals surface area contributed by atoms with E-state index >= 15 is 0 Å². The first-order valence-corrected chi connectivity index (χ1v) is 15.3. The molecule has 0 fully saturated rings. The molecule has 1 aromatic heterocycles. The van der Waals surface area contributed by atoms with Crippen molar-refractivity contribution in [2.24, 2.45) is 0 Å². The zero-order valence-corrected chi connectivity index (χ0v) is 24.6. The van der Waals surface area contributed by atoms with Gasteiger partial charge in [0.2, 0.25) is 17.8 Å². The summed E-state index contributed by atoms with van der Waals surface area (Å²) in [6, 6.07) is 7.35. The van der Waals surface area contributed by atoms with Gasteiger partial charge in [-0.25, -0.2) is 0 Å². The van der Waals surface area contributed by atoms with E-state index in [1.54, 1.807) is 18.2 Å². The number of aromatic hydroxyl groups is 1. The van der Waals surface area contributed by atoms with E-state index in [1.165, 1.54) is 6.07 Å². The van der Waals surface area contributed by atoms with Crippen LogP contribution in [0.25, 0.3) is 10.8 Å². The van der Waals surface area contributed by atoms with Crippen LogP contribution in [-0.4, -0.2) is 95.2 Å². The molecule has 40 heavy (non-hydrogen) atoms. The van der Waals surface area contributed by atoms with Crippen molar-refractivity contribution in [3.63, 3.8) is 0 Å². The third kappa shape index (κ3) is 9.15. The Kier molecular flexibility index (Phi) is 11.7. The SMILES string of the molecule is CCN(CC)CCCNc1nc(NCCCN(CC)CC)nc(Nc2ccc3cc(S(=O)(=O)O)cc(O)c3c2)n1. The molecule has 0 bridgehead atoms. The van der Waals surface area contributed by atoms with Gasteiger partial charge in [0.05, 0.1) is 4.90 Å². The highest BCUT2D eigenvalue weighted by Gasteiger charge is 2.14. The van der Waals surface area contributed by atoms with Crippen molar-refractivity contribution in [1.82, 2.24) is 24.8 Å². The summed E-state index contributed by atoms with van der Waals surface area (Å²) in [5.74, 6) is 0.950. The van der Waals surface area contributed by atoms with Crippen LogP contribution in [0.1, 0.15) is 40.5 Å². The summed E-state index contributed by atoms with van der Waals surface area (Å²) >= 11 is 0. The fraction of sp³-hybridized carbons (Fsp3) is 0.519. The second-order valence-corrected chi connectivity index (χ2v) is 10.8. The minimum absolute atomic E-state index is 0.268. The summed E-state index contributed by atoms with van der Waals surface area (Å²) in [5, 5.41) is 21.1. The molecule has 5 N–H and O–H groups in total. The Bertz CT molecular complexity index is 1310. The van der Waals surface area contributed by atoms with Gasteiger partial charge in [0, 0.05) is 30.2 Å². The fourth-order valence-corrected chi connectivity index (χ4v) is 4.88. The van der Waals surface area contributed by atoms with Gasteiger partial charge in [-0.05, 0) is 75.7 Å². The molecule has 0 spiro atoms. The van der Waals surface area contributed by atoms with Gasteiger partial charge >= 0.3 is 0 Å². The first kappa shape index (κ1) is 31.3. The van der Waals surface area contributed by atoms with Crippen molar-refractivity contribution in [3.8, 4) is 5.75 Å². The molecule has 12 nitrogen and oxygen atoms in total. The minimum atomic E-state index is -4.44. The summed E-state index contributed by atoms with van der Waals surface area (Å²) in [6.07, 6.45) is 1.89. The van der Waals surface area contributed by atoms with E-state index in [0.29, 0.717) is 47.4 Å². The van der Waals surface area contributed by atoms with Gasteiger partial charge in [0.1, 0.15) is 5.75 Å².